The van der Waals surface area contributed by atoms with Crippen molar-refractivity contribution in [1.29, 1.82) is 0 Å². The van der Waals surface area contributed by atoms with Crippen LogP contribution in [0.1, 0.15) is 18.9 Å². The number of benzene rings is 2. The first-order chi connectivity index (χ1) is 23.3. The van der Waals surface area contributed by atoms with Crippen molar-refractivity contribution < 1.29 is 42.7 Å². The van der Waals surface area contributed by atoms with E-state index < -0.39 is 41.4 Å². The maximum Gasteiger partial charge on any atom is 0.349 e. The number of esters is 1. The average Bonchev–Trinajstić information content (AvgIpc) is 3.09. The Labute approximate surface area is 288 Å². The van der Waals surface area contributed by atoms with Gasteiger partial charge in [-0.25, -0.2) is 4.79 Å². The highest BCUT2D eigenvalue weighted by Crippen LogP contribution is 2.46. The second kappa shape index (κ2) is 20.6. The third-order valence-corrected chi connectivity index (χ3v) is 8.52. The lowest BCUT2D eigenvalue weighted by Crippen LogP contribution is -2.67. The van der Waals surface area contributed by atoms with Crippen LogP contribution in [0.3, 0.4) is 0 Å². The van der Waals surface area contributed by atoms with Crippen LogP contribution in [0.25, 0.3) is 0 Å². The second-order valence-electron chi connectivity index (χ2n) is 10.8. The number of ether oxygens (including phenoxy) is 7. The molecule has 3 rings (SSSR count). The van der Waals surface area contributed by atoms with E-state index in [9.17, 15) is 9.59 Å². The van der Waals surface area contributed by atoms with Crippen molar-refractivity contribution in [3.8, 4) is 5.75 Å². The smallest absolute Gasteiger partial charge is 0.349 e. The van der Waals surface area contributed by atoms with Gasteiger partial charge in [0.2, 0.25) is 10.8 Å². The molecule has 0 saturated carbocycles. The molecule has 6 atom stereocenters. The Morgan fingerprint density at radius 3 is 2.25 bits per heavy atom. The second-order valence-corrected chi connectivity index (χ2v) is 12.2. The van der Waals surface area contributed by atoms with Crippen LogP contribution in [-0.2, 0) is 44.6 Å². The molecule has 1 aliphatic heterocycles. The highest BCUT2D eigenvalue weighted by molar-refractivity contribution is 8.01. The highest BCUT2D eigenvalue weighted by atomic mass is 32.2. The summed E-state index contributed by atoms with van der Waals surface area (Å²) in [5.74, 6) is -0.212. The minimum Gasteiger partial charge on any atom is -0.497 e. The summed E-state index contributed by atoms with van der Waals surface area (Å²) in [5.41, 5.74) is 0.924. The number of carbonyl (C=O) groups excluding carboxylic acids is 2. The molecule has 1 heterocycles. The molecule has 48 heavy (non-hydrogen) atoms. The minimum absolute atomic E-state index is 0.0298. The van der Waals surface area contributed by atoms with E-state index in [1.165, 1.54) is 24.8 Å². The third kappa shape index (κ3) is 11.5. The van der Waals surface area contributed by atoms with E-state index in [-0.39, 0.29) is 52.0 Å². The van der Waals surface area contributed by atoms with E-state index in [1.807, 2.05) is 54.6 Å². The highest BCUT2D eigenvalue weighted by Gasteiger charge is 2.57. The van der Waals surface area contributed by atoms with Crippen LogP contribution in [-0.4, -0.2) is 87.4 Å². The van der Waals surface area contributed by atoms with Gasteiger partial charge in [0.05, 0.1) is 52.3 Å². The monoisotopic (exact) mass is 681 g/mol. The first kappa shape index (κ1) is 38.7. The summed E-state index contributed by atoms with van der Waals surface area (Å²) in [7, 11) is 1.61. The Morgan fingerprint density at radius 2 is 1.62 bits per heavy atom. The van der Waals surface area contributed by atoms with E-state index in [2.05, 4.69) is 31.6 Å². The molecular weight excluding hydrogens is 634 g/mol. The summed E-state index contributed by atoms with van der Waals surface area (Å²) < 4.78 is 42.8. The standard InChI is InChI=1S/C37H47NO9S/c1-7-20-43-31-24-37(36(40)46-23-10-4,48-30-14-12-11-13-15-30)47-35(33(31)38-27(5)39)34(45-22-9-3)32(44-21-8-2)26-42-25-28-16-18-29(41-6)19-17-28/h7-19,31-35H,1-4,20-26H2,5-6H3,(H,38,39)/t31-,32+,33+,34+,35+,37-/m0/s1. The molecule has 10 nitrogen and oxygen atoms in total. The Bertz CT molecular complexity index is 1320. The lowest BCUT2D eigenvalue weighted by atomic mass is 9.89. The number of hydrogen-bond donors (Lipinski definition) is 1. The van der Waals surface area contributed by atoms with Crippen molar-refractivity contribution in [1.82, 2.24) is 5.32 Å². The summed E-state index contributed by atoms with van der Waals surface area (Å²) in [6, 6.07) is 16.1. The number of rotatable bonds is 22. The van der Waals surface area contributed by atoms with Gasteiger partial charge in [0.1, 0.15) is 30.7 Å². The van der Waals surface area contributed by atoms with Gasteiger partial charge in [-0.2, -0.15) is 0 Å². The fourth-order valence-corrected chi connectivity index (χ4v) is 6.40. The quantitative estimate of drug-likeness (QED) is 0.128. The molecule has 11 heteroatoms. The Hall–Kier alpha value is -3.71. The number of amides is 1. The molecule has 1 saturated heterocycles. The molecule has 0 bridgehead atoms. The van der Waals surface area contributed by atoms with Gasteiger partial charge in [-0.15, -0.1) is 19.7 Å². The van der Waals surface area contributed by atoms with Crippen LogP contribution >= 0.6 is 11.8 Å². The van der Waals surface area contributed by atoms with Crippen molar-refractivity contribution in [2.75, 3.05) is 40.1 Å². The summed E-state index contributed by atoms with van der Waals surface area (Å²) in [5, 5.41) is 3.00. The predicted molar refractivity (Wildman–Crippen MR) is 186 cm³/mol. The Morgan fingerprint density at radius 1 is 0.958 bits per heavy atom. The molecule has 2 aromatic rings. The summed E-state index contributed by atoms with van der Waals surface area (Å²) in [4.78, 5) is 25.8. The normalized spacial score (nSPS) is 21.7. The van der Waals surface area contributed by atoms with Crippen molar-refractivity contribution in [2.24, 2.45) is 0 Å². The van der Waals surface area contributed by atoms with Gasteiger partial charge in [0.25, 0.3) is 0 Å². The van der Waals surface area contributed by atoms with E-state index in [0.29, 0.717) is 0 Å². The summed E-state index contributed by atoms with van der Waals surface area (Å²) >= 11 is 1.20. The zero-order valence-corrected chi connectivity index (χ0v) is 28.6. The van der Waals surface area contributed by atoms with Crippen LogP contribution in [0.15, 0.2) is 110 Å². The van der Waals surface area contributed by atoms with Crippen molar-refractivity contribution in [2.45, 2.75) is 60.2 Å². The number of thioether (sulfide) groups is 1. The van der Waals surface area contributed by atoms with E-state index in [1.54, 1.807) is 25.3 Å². The fourth-order valence-electron chi connectivity index (χ4n) is 5.18. The SMILES string of the molecule is C=CCOC(=O)[C@@]1(Sc2ccccc2)C[C@H](OCC=C)[C@@H](NC(C)=O)[C@H]([C@H](OCC=C)[C@@H](COCc2ccc(OC)cc2)OCC=C)O1. The molecule has 1 N–H and O–H groups in total. The van der Waals surface area contributed by atoms with Crippen molar-refractivity contribution in [3.63, 3.8) is 0 Å². The molecule has 260 valence electrons. The van der Waals surface area contributed by atoms with Gasteiger partial charge in [-0.05, 0) is 29.8 Å². The lowest BCUT2D eigenvalue weighted by Gasteiger charge is -2.49. The molecule has 0 radical (unpaired) electrons. The number of hydrogen-bond acceptors (Lipinski definition) is 10. The molecule has 0 aliphatic carbocycles. The fraction of sp³-hybridized carbons (Fsp3) is 0.405. The van der Waals surface area contributed by atoms with Crippen LogP contribution < -0.4 is 10.1 Å². The van der Waals surface area contributed by atoms with Gasteiger partial charge in [0.15, 0.2) is 0 Å². The molecule has 2 aromatic carbocycles. The average molecular weight is 682 g/mol. The van der Waals surface area contributed by atoms with E-state index in [0.717, 1.165) is 16.2 Å². The molecule has 0 unspecified atom stereocenters. The molecule has 1 fully saturated rings. The van der Waals surface area contributed by atoms with Crippen molar-refractivity contribution >= 4 is 23.6 Å². The first-order valence-electron chi connectivity index (χ1n) is 15.7. The van der Waals surface area contributed by atoms with E-state index in [4.69, 9.17) is 33.2 Å². The molecular formula is C37H47NO9S. The zero-order chi connectivity index (χ0) is 34.8. The van der Waals surface area contributed by atoms with Crippen molar-refractivity contribution in [3.05, 3.63) is 111 Å². The summed E-state index contributed by atoms with van der Waals surface area (Å²) in [6.45, 7) is 17.3. The maximum atomic E-state index is 14.0. The minimum atomic E-state index is -1.61. The molecule has 0 aromatic heterocycles. The Kier molecular flexibility index (Phi) is 16.6. The van der Waals surface area contributed by atoms with Crippen LogP contribution in [0.2, 0.25) is 0 Å². The molecule has 0 spiro atoms. The third-order valence-electron chi connectivity index (χ3n) is 7.25. The van der Waals surface area contributed by atoms with Gasteiger partial charge < -0.3 is 38.5 Å². The number of methoxy groups -OCH3 is 1. The largest absolute Gasteiger partial charge is 0.497 e. The van der Waals surface area contributed by atoms with Gasteiger partial charge >= 0.3 is 5.97 Å². The topological polar surface area (TPSA) is 111 Å². The van der Waals surface area contributed by atoms with Crippen LogP contribution in [0.5, 0.6) is 5.75 Å². The van der Waals surface area contributed by atoms with E-state index >= 15 is 0 Å². The molecule has 1 aliphatic rings. The Balaban J connectivity index is 2.09. The maximum absolute atomic E-state index is 14.0. The predicted octanol–water partition coefficient (Wildman–Crippen LogP) is 5.44. The summed E-state index contributed by atoms with van der Waals surface area (Å²) in [6.07, 6.45) is 2.98. The lowest BCUT2D eigenvalue weighted by molar-refractivity contribution is -0.223. The van der Waals surface area contributed by atoms with Crippen LogP contribution in [0, 0.1) is 0 Å². The van der Waals surface area contributed by atoms with Gasteiger partial charge in [-0.1, -0.05) is 73.0 Å². The zero-order valence-electron chi connectivity index (χ0n) is 27.8. The number of nitrogens with one attached hydrogen (secondary N) is 1. The molecule has 1 amide bonds. The number of carbonyl (C=O) groups is 2. The van der Waals surface area contributed by atoms with Gasteiger partial charge in [-0.3, -0.25) is 4.79 Å². The first-order valence-corrected chi connectivity index (χ1v) is 16.5. The van der Waals surface area contributed by atoms with Gasteiger partial charge in [0, 0.05) is 18.2 Å². The van der Waals surface area contributed by atoms with Crippen LogP contribution in [0.4, 0.5) is 0 Å².